The highest BCUT2D eigenvalue weighted by Crippen LogP contribution is 2.37. The maximum atomic E-state index is 13.7. The minimum absolute atomic E-state index is 0.135. The molecule has 1 unspecified atom stereocenters. The first kappa shape index (κ1) is 42.4. The summed E-state index contributed by atoms with van der Waals surface area (Å²) in [5, 5.41) is 7.59. The predicted octanol–water partition coefficient (Wildman–Crippen LogP) is 6.86. The van der Waals surface area contributed by atoms with E-state index < -0.39 is 24.3 Å². The summed E-state index contributed by atoms with van der Waals surface area (Å²) >= 11 is 0. The Labute approximate surface area is 360 Å². The number of amides is 4. The van der Waals surface area contributed by atoms with Crippen molar-refractivity contribution in [2.24, 2.45) is 4.99 Å². The molecule has 2 saturated heterocycles. The number of likely N-dealkylation sites (tertiary alicyclic amines) is 2. The van der Waals surface area contributed by atoms with Crippen LogP contribution in [0.2, 0.25) is 0 Å². The summed E-state index contributed by atoms with van der Waals surface area (Å²) in [5.41, 5.74) is 9.03. The van der Waals surface area contributed by atoms with Gasteiger partial charge in [-0.3, -0.25) is 14.6 Å². The van der Waals surface area contributed by atoms with Gasteiger partial charge in [0.15, 0.2) is 0 Å². The molecule has 0 saturated carbocycles. The summed E-state index contributed by atoms with van der Waals surface area (Å²) in [5.74, 6) is 0.391. The molecule has 4 aromatic carbocycles. The molecule has 3 aliphatic heterocycles. The van der Waals surface area contributed by atoms with E-state index in [-0.39, 0.29) is 23.9 Å². The number of aliphatic imine (C=N–C) groups is 1. The lowest BCUT2D eigenvalue weighted by Crippen LogP contribution is -2.52. The fourth-order valence-electron chi connectivity index (χ4n) is 9.05. The molecular formula is C47H53N7O8. The number of imidazole rings is 1. The average Bonchev–Trinajstić information content (AvgIpc) is 4.13. The van der Waals surface area contributed by atoms with Crippen molar-refractivity contribution >= 4 is 57.2 Å². The number of H-pyrrole nitrogens is 1. The van der Waals surface area contributed by atoms with Gasteiger partial charge in [-0.2, -0.15) is 0 Å². The van der Waals surface area contributed by atoms with Crippen LogP contribution in [0.15, 0.2) is 77.8 Å². The maximum Gasteiger partial charge on any atom is 0.407 e. The van der Waals surface area contributed by atoms with Gasteiger partial charge in [0.1, 0.15) is 17.9 Å². The summed E-state index contributed by atoms with van der Waals surface area (Å²) in [7, 11) is 5.70. The fourth-order valence-corrected chi connectivity index (χ4v) is 9.05. The van der Waals surface area contributed by atoms with Gasteiger partial charge in [0, 0.05) is 65.5 Å². The first-order valence-corrected chi connectivity index (χ1v) is 21.2. The Bertz CT molecular complexity index is 2520. The third-order valence-corrected chi connectivity index (χ3v) is 12.3. The predicted molar refractivity (Wildman–Crippen MR) is 235 cm³/mol. The molecular weight excluding hydrogens is 791 g/mol. The van der Waals surface area contributed by atoms with E-state index >= 15 is 0 Å². The molecule has 0 aliphatic carbocycles. The number of methoxy groups -OCH3 is 4. The third-order valence-electron chi connectivity index (χ3n) is 12.3. The van der Waals surface area contributed by atoms with Gasteiger partial charge in [0.05, 0.1) is 43.0 Å². The Morgan fingerprint density at radius 2 is 1.23 bits per heavy atom. The number of alkyl carbamates (subject to hydrolysis) is 2. The van der Waals surface area contributed by atoms with Crippen molar-refractivity contribution in [1.82, 2.24) is 30.4 Å². The first-order valence-electron chi connectivity index (χ1n) is 21.2. The second kappa shape index (κ2) is 18.7. The average molecular weight is 844 g/mol. The van der Waals surface area contributed by atoms with E-state index in [0.717, 1.165) is 92.5 Å². The second-order valence-corrected chi connectivity index (χ2v) is 16.1. The number of carbonyl (C=O) groups is 4. The zero-order chi connectivity index (χ0) is 43.3. The van der Waals surface area contributed by atoms with E-state index in [1.54, 1.807) is 19.1 Å². The van der Waals surface area contributed by atoms with Crippen LogP contribution in [-0.4, -0.2) is 122 Å². The molecule has 0 radical (unpaired) electrons. The number of nitrogens with zero attached hydrogens (tertiary/aromatic N) is 4. The fraction of sp³-hybridized carbons (Fsp3) is 0.404. The summed E-state index contributed by atoms with van der Waals surface area (Å²) in [6, 6.07) is 23.7. The van der Waals surface area contributed by atoms with Gasteiger partial charge in [-0.1, -0.05) is 36.4 Å². The number of benzene rings is 4. The summed E-state index contributed by atoms with van der Waals surface area (Å²) in [6.45, 7) is 1.82. The minimum Gasteiger partial charge on any atom is -0.453 e. The van der Waals surface area contributed by atoms with Crippen molar-refractivity contribution in [1.29, 1.82) is 0 Å². The van der Waals surface area contributed by atoms with E-state index in [1.165, 1.54) is 14.2 Å². The molecule has 15 nitrogen and oxygen atoms in total. The van der Waals surface area contributed by atoms with Crippen LogP contribution >= 0.6 is 0 Å². The summed E-state index contributed by atoms with van der Waals surface area (Å²) in [6.07, 6.45) is 3.31. The van der Waals surface area contributed by atoms with E-state index in [2.05, 4.69) is 82.3 Å². The molecule has 4 amide bonds. The van der Waals surface area contributed by atoms with Crippen LogP contribution in [0.25, 0.3) is 44.1 Å². The third kappa shape index (κ3) is 8.86. The van der Waals surface area contributed by atoms with E-state index in [0.29, 0.717) is 45.6 Å². The van der Waals surface area contributed by atoms with Crippen molar-refractivity contribution in [3.05, 3.63) is 84.2 Å². The van der Waals surface area contributed by atoms with Crippen molar-refractivity contribution in [3.63, 3.8) is 0 Å². The minimum atomic E-state index is -0.765. The van der Waals surface area contributed by atoms with Crippen molar-refractivity contribution in [2.75, 3.05) is 54.7 Å². The van der Waals surface area contributed by atoms with Gasteiger partial charge in [0.25, 0.3) is 0 Å². The molecule has 324 valence electrons. The van der Waals surface area contributed by atoms with E-state index in [4.69, 9.17) is 28.9 Å². The molecule has 4 atom stereocenters. The lowest BCUT2D eigenvalue weighted by Gasteiger charge is -2.29. The van der Waals surface area contributed by atoms with Gasteiger partial charge >= 0.3 is 12.2 Å². The smallest absolute Gasteiger partial charge is 0.407 e. The highest BCUT2D eigenvalue weighted by Gasteiger charge is 2.39. The Kier molecular flexibility index (Phi) is 12.8. The van der Waals surface area contributed by atoms with Gasteiger partial charge in [0.2, 0.25) is 11.8 Å². The normalized spacial score (nSPS) is 18.1. The molecule has 0 spiro atoms. The van der Waals surface area contributed by atoms with E-state index in [1.807, 2.05) is 11.0 Å². The number of hydrogen-bond acceptors (Lipinski definition) is 10. The number of ether oxygens (including phenoxy) is 4. The zero-order valence-electron chi connectivity index (χ0n) is 35.6. The number of rotatable bonds is 14. The van der Waals surface area contributed by atoms with Crippen LogP contribution in [0.4, 0.5) is 15.3 Å². The zero-order valence-corrected chi connectivity index (χ0v) is 35.6. The molecule has 3 aliphatic rings. The SMILES string of the molecule is COCCC(NC(=O)OC)C(=O)N1CCC[C@H]1c1nc2ccc(-c3ccc4cc(-c5ccc6c(c5)CC([C@@H]5CCCN5C(=O)[C@H](CCOC)NC(=O)OC)=N6)ccc4c3)cc2[nH]1. The van der Waals surface area contributed by atoms with Crippen LogP contribution in [0.1, 0.15) is 56.0 Å². The molecule has 0 bridgehead atoms. The van der Waals surface area contributed by atoms with E-state index in [9.17, 15) is 19.2 Å². The topological polar surface area (TPSA) is 177 Å². The van der Waals surface area contributed by atoms with Crippen molar-refractivity contribution in [3.8, 4) is 22.3 Å². The quantitative estimate of drug-likeness (QED) is 0.108. The van der Waals surface area contributed by atoms with Gasteiger partial charge in [-0.05, 0) is 101 Å². The van der Waals surface area contributed by atoms with Crippen LogP contribution in [0.5, 0.6) is 0 Å². The first-order chi connectivity index (χ1) is 30.2. The highest BCUT2D eigenvalue weighted by molar-refractivity contribution is 6.01. The Balaban J connectivity index is 0.954. The molecule has 2 fully saturated rings. The van der Waals surface area contributed by atoms with Crippen molar-refractivity contribution in [2.45, 2.75) is 69.1 Å². The molecule has 8 rings (SSSR count). The Morgan fingerprint density at radius 1 is 0.694 bits per heavy atom. The van der Waals surface area contributed by atoms with Gasteiger partial charge < -0.3 is 44.4 Å². The number of nitrogens with one attached hydrogen (secondary N) is 3. The lowest BCUT2D eigenvalue weighted by atomic mass is 9.95. The van der Waals surface area contributed by atoms with Crippen LogP contribution in [0.3, 0.4) is 0 Å². The molecule has 4 heterocycles. The van der Waals surface area contributed by atoms with Crippen LogP contribution < -0.4 is 10.6 Å². The molecule has 62 heavy (non-hydrogen) atoms. The van der Waals surface area contributed by atoms with Gasteiger partial charge in [-0.25, -0.2) is 14.6 Å². The highest BCUT2D eigenvalue weighted by atomic mass is 16.5. The van der Waals surface area contributed by atoms with Crippen LogP contribution in [-0.2, 0) is 35.0 Å². The number of aromatic amines is 1. The number of fused-ring (bicyclic) bond motifs is 3. The molecule has 3 N–H and O–H groups in total. The lowest BCUT2D eigenvalue weighted by molar-refractivity contribution is -0.135. The number of hydrogen-bond donors (Lipinski definition) is 3. The molecule has 1 aromatic heterocycles. The molecule has 5 aromatic rings. The van der Waals surface area contributed by atoms with Crippen molar-refractivity contribution < 1.29 is 38.1 Å². The Morgan fingerprint density at radius 3 is 1.82 bits per heavy atom. The molecule has 15 heteroatoms. The number of aromatic nitrogens is 2. The summed E-state index contributed by atoms with van der Waals surface area (Å²) < 4.78 is 20.0. The number of carbonyl (C=O) groups excluding carboxylic acids is 4. The van der Waals surface area contributed by atoms with Crippen LogP contribution in [0, 0.1) is 0 Å². The maximum absolute atomic E-state index is 13.7. The van der Waals surface area contributed by atoms with Gasteiger partial charge in [-0.15, -0.1) is 0 Å². The second-order valence-electron chi connectivity index (χ2n) is 16.1. The standard InChI is InChI=1S/C47H53N7O8/c1-59-21-17-37(51-46(57)61-3)44(55)53-19-5-7-41(53)40-27-34-25-32(13-15-35(34)48-40)30-10-9-29-24-31(12-11-28(29)23-30)33-14-16-36-39(26-33)50-43(49-36)42-8-6-20-54(42)45(56)38(18-22-60-2)52-47(58)62-4/h9-16,23-26,37-38,41-42H,5-8,17-22,27H2,1-4H3,(H,49,50)(H,51,57)(H,52,58)/t37-,38?,41-,42-/m0/s1. The summed E-state index contributed by atoms with van der Waals surface area (Å²) in [4.78, 5) is 68.5. The Hall–Kier alpha value is -6.32. The largest absolute Gasteiger partial charge is 0.453 e. The monoisotopic (exact) mass is 843 g/mol.